The first kappa shape index (κ1) is 12.9. The Morgan fingerprint density at radius 1 is 1.31 bits per heavy atom. The second-order valence-electron chi connectivity index (χ2n) is 3.75. The SMILES string of the molecule is CNC(=O)CCNC(=O)C1COCC1NC. The predicted octanol–water partition coefficient (Wildman–Crippen LogP) is -1.53. The number of hydrogen-bond donors (Lipinski definition) is 3. The van der Waals surface area contributed by atoms with Crippen molar-refractivity contribution in [2.45, 2.75) is 12.5 Å². The van der Waals surface area contributed by atoms with Crippen LogP contribution >= 0.6 is 0 Å². The quantitative estimate of drug-likeness (QED) is 0.534. The normalized spacial score (nSPS) is 24.1. The number of carbonyl (C=O) groups excluding carboxylic acids is 2. The molecule has 0 saturated carbocycles. The maximum absolute atomic E-state index is 11.7. The summed E-state index contributed by atoms with van der Waals surface area (Å²) in [6.45, 7) is 1.37. The van der Waals surface area contributed by atoms with Crippen LogP contribution in [0, 0.1) is 5.92 Å². The summed E-state index contributed by atoms with van der Waals surface area (Å²) in [6, 6.07) is 0.0694. The monoisotopic (exact) mass is 229 g/mol. The number of likely N-dealkylation sites (N-methyl/N-ethyl adjacent to an activating group) is 1. The van der Waals surface area contributed by atoms with Gasteiger partial charge in [-0.3, -0.25) is 9.59 Å². The largest absolute Gasteiger partial charge is 0.379 e. The van der Waals surface area contributed by atoms with E-state index in [0.29, 0.717) is 26.2 Å². The number of carbonyl (C=O) groups is 2. The van der Waals surface area contributed by atoms with Gasteiger partial charge in [0.2, 0.25) is 11.8 Å². The van der Waals surface area contributed by atoms with E-state index in [1.807, 2.05) is 7.05 Å². The van der Waals surface area contributed by atoms with Gasteiger partial charge in [-0.05, 0) is 7.05 Å². The fourth-order valence-electron chi connectivity index (χ4n) is 1.65. The molecule has 1 rings (SSSR count). The summed E-state index contributed by atoms with van der Waals surface area (Å²) >= 11 is 0. The number of nitrogens with one attached hydrogen (secondary N) is 3. The van der Waals surface area contributed by atoms with Crippen molar-refractivity contribution >= 4 is 11.8 Å². The third-order valence-corrected chi connectivity index (χ3v) is 2.72. The minimum atomic E-state index is -0.158. The van der Waals surface area contributed by atoms with Crippen LogP contribution in [0.2, 0.25) is 0 Å². The molecule has 0 aromatic carbocycles. The number of amides is 2. The Morgan fingerprint density at radius 3 is 2.69 bits per heavy atom. The van der Waals surface area contributed by atoms with Gasteiger partial charge in [-0.1, -0.05) is 0 Å². The molecule has 1 saturated heterocycles. The topological polar surface area (TPSA) is 79.5 Å². The lowest BCUT2D eigenvalue weighted by molar-refractivity contribution is -0.125. The van der Waals surface area contributed by atoms with Crippen molar-refractivity contribution in [2.75, 3.05) is 33.9 Å². The van der Waals surface area contributed by atoms with Crippen LogP contribution < -0.4 is 16.0 Å². The van der Waals surface area contributed by atoms with Crippen molar-refractivity contribution < 1.29 is 14.3 Å². The Morgan fingerprint density at radius 2 is 2.06 bits per heavy atom. The van der Waals surface area contributed by atoms with Crippen LogP contribution in [0.1, 0.15) is 6.42 Å². The molecule has 0 bridgehead atoms. The fraction of sp³-hybridized carbons (Fsp3) is 0.800. The van der Waals surface area contributed by atoms with E-state index in [0.717, 1.165) is 0 Å². The maximum atomic E-state index is 11.7. The molecule has 0 aromatic heterocycles. The molecule has 3 N–H and O–H groups in total. The van der Waals surface area contributed by atoms with E-state index in [4.69, 9.17) is 4.74 Å². The van der Waals surface area contributed by atoms with E-state index in [-0.39, 0.29) is 23.8 Å². The Kier molecular flexibility index (Phi) is 5.21. The summed E-state index contributed by atoms with van der Waals surface area (Å²) in [4.78, 5) is 22.7. The Hall–Kier alpha value is -1.14. The zero-order chi connectivity index (χ0) is 12.0. The highest BCUT2D eigenvalue weighted by Crippen LogP contribution is 2.13. The molecule has 2 atom stereocenters. The molecule has 2 amide bonds. The molecule has 16 heavy (non-hydrogen) atoms. The lowest BCUT2D eigenvalue weighted by atomic mass is 10.0. The maximum Gasteiger partial charge on any atom is 0.227 e. The third kappa shape index (κ3) is 3.46. The summed E-state index contributed by atoms with van der Waals surface area (Å²) < 4.78 is 5.23. The predicted molar refractivity (Wildman–Crippen MR) is 58.9 cm³/mol. The first-order chi connectivity index (χ1) is 7.69. The van der Waals surface area contributed by atoms with Crippen molar-refractivity contribution in [3.63, 3.8) is 0 Å². The first-order valence-corrected chi connectivity index (χ1v) is 5.42. The lowest BCUT2D eigenvalue weighted by Crippen LogP contribution is -2.43. The van der Waals surface area contributed by atoms with Crippen LogP contribution in [0.25, 0.3) is 0 Å². The highest BCUT2D eigenvalue weighted by Gasteiger charge is 2.32. The molecule has 6 nitrogen and oxygen atoms in total. The van der Waals surface area contributed by atoms with Crippen LogP contribution in [0.3, 0.4) is 0 Å². The van der Waals surface area contributed by atoms with E-state index in [1.54, 1.807) is 7.05 Å². The molecule has 6 heteroatoms. The second-order valence-corrected chi connectivity index (χ2v) is 3.75. The number of hydrogen-bond acceptors (Lipinski definition) is 4. The summed E-state index contributed by atoms with van der Waals surface area (Å²) in [7, 11) is 3.39. The van der Waals surface area contributed by atoms with Crippen molar-refractivity contribution in [3.05, 3.63) is 0 Å². The van der Waals surface area contributed by atoms with Crippen molar-refractivity contribution in [2.24, 2.45) is 5.92 Å². The van der Waals surface area contributed by atoms with Gasteiger partial charge in [-0.15, -0.1) is 0 Å². The summed E-state index contributed by atoms with van der Waals surface area (Å²) in [5.41, 5.74) is 0. The van der Waals surface area contributed by atoms with Gasteiger partial charge >= 0.3 is 0 Å². The highest BCUT2D eigenvalue weighted by molar-refractivity contribution is 5.81. The van der Waals surface area contributed by atoms with Crippen LogP contribution in [0.15, 0.2) is 0 Å². The molecule has 1 aliphatic rings. The number of ether oxygens (including phenoxy) is 1. The summed E-state index contributed by atoms with van der Waals surface area (Å²) in [5, 5.41) is 8.28. The van der Waals surface area contributed by atoms with Gasteiger partial charge in [0.1, 0.15) is 0 Å². The molecule has 0 radical (unpaired) electrons. The zero-order valence-corrected chi connectivity index (χ0v) is 9.71. The third-order valence-electron chi connectivity index (χ3n) is 2.72. The van der Waals surface area contributed by atoms with Gasteiger partial charge in [0, 0.05) is 26.1 Å². The van der Waals surface area contributed by atoms with Crippen molar-refractivity contribution in [3.8, 4) is 0 Å². The van der Waals surface area contributed by atoms with Crippen LogP contribution in [-0.2, 0) is 14.3 Å². The fourth-order valence-corrected chi connectivity index (χ4v) is 1.65. The van der Waals surface area contributed by atoms with Gasteiger partial charge in [-0.2, -0.15) is 0 Å². The van der Waals surface area contributed by atoms with Gasteiger partial charge in [0.25, 0.3) is 0 Å². The average molecular weight is 229 g/mol. The standard InChI is InChI=1S/C10H19N3O3/c1-11-8-6-16-5-7(8)10(15)13-4-3-9(14)12-2/h7-8,11H,3-6H2,1-2H3,(H,12,14)(H,13,15). The molecule has 0 aliphatic carbocycles. The van der Waals surface area contributed by atoms with Gasteiger partial charge in [-0.25, -0.2) is 0 Å². The molecule has 92 valence electrons. The highest BCUT2D eigenvalue weighted by atomic mass is 16.5. The van der Waals surface area contributed by atoms with Crippen LogP contribution in [0.5, 0.6) is 0 Å². The average Bonchev–Trinajstić information content (AvgIpc) is 2.76. The molecule has 2 unspecified atom stereocenters. The Labute approximate surface area is 95.1 Å². The van der Waals surface area contributed by atoms with Crippen LogP contribution in [-0.4, -0.2) is 51.7 Å². The second kappa shape index (κ2) is 6.44. The van der Waals surface area contributed by atoms with Gasteiger partial charge in [0.15, 0.2) is 0 Å². The molecule has 1 aliphatic heterocycles. The lowest BCUT2D eigenvalue weighted by Gasteiger charge is -2.16. The van der Waals surface area contributed by atoms with E-state index >= 15 is 0 Å². The van der Waals surface area contributed by atoms with Gasteiger partial charge < -0.3 is 20.7 Å². The van der Waals surface area contributed by atoms with E-state index < -0.39 is 0 Å². The molecule has 0 spiro atoms. The minimum Gasteiger partial charge on any atom is -0.379 e. The smallest absolute Gasteiger partial charge is 0.227 e. The van der Waals surface area contributed by atoms with E-state index in [1.165, 1.54) is 0 Å². The first-order valence-electron chi connectivity index (χ1n) is 5.42. The van der Waals surface area contributed by atoms with Crippen molar-refractivity contribution in [1.29, 1.82) is 0 Å². The minimum absolute atomic E-state index is 0.0549. The summed E-state index contributed by atoms with van der Waals surface area (Å²) in [5.74, 6) is -0.288. The molecule has 1 fully saturated rings. The molecular weight excluding hydrogens is 210 g/mol. The molecule has 1 heterocycles. The van der Waals surface area contributed by atoms with Crippen LogP contribution in [0.4, 0.5) is 0 Å². The zero-order valence-electron chi connectivity index (χ0n) is 9.71. The van der Waals surface area contributed by atoms with E-state index in [9.17, 15) is 9.59 Å². The Bertz CT molecular complexity index is 258. The van der Waals surface area contributed by atoms with Crippen molar-refractivity contribution in [1.82, 2.24) is 16.0 Å². The molecule has 0 aromatic rings. The summed E-state index contributed by atoms with van der Waals surface area (Å²) in [6.07, 6.45) is 0.306. The molecular formula is C10H19N3O3. The number of rotatable bonds is 5. The van der Waals surface area contributed by atoms with E-state index in [2.05, 4.69) is 16.0 Å². The Balaban J connectivity index is 2.26. The van der Waals surface area contributed by atoms with Gasteiger partial charge in [0.05, 0.1) is 19.1 Å².